The van der Waals surface area contributed by atoms with Crippen LogP contribution < -0.4 is 5.32 Å². The molecule has 8 nitrogen and oxygen atoms in total. The summed E-state index contributed by atoms with van der Waals surface area (Å²) in [7, 11) is 2.21. The second kappa shape index (κ2) is 17.2. The molecule has 0 bridgehead atoms. The molecule has 1 amide bonds. The molecule has 9 atom stereocenters. The summed E-state index contributed by atoms with van der Waals surface area (Å²) in [6.07, 6.45) is 22.5. The van der Waals surface area contributed by atoms with Gasteiger partial charge >= 0.3 is 0 Å². The number of carbonyl (C=O) groups excluding carboxylic acids is 2. The first-order valence-electron chi connectivity index (χ1n) is 17.7. The first kappa shape index (κ1) is 34.2. The summed E-state index contributed by atoms with van der Waals surface area (Å²) in [6.45, 7) is 8.77. The molecule has 3 N–H and O–H groups in total. The molecule has 6 aliphatic rings. The van der Waals surface area contributed by atoms with E-state index in [1.54, 1.807) is 0 Å². The van der Waals surface area contributed by atoms with Crippen molar-refractivity contribution in [3.63, 3.8) is 0 Å². The van der Waals surface area contributed by atoms with E-state index in [1.807, 2.05) is 6.79 Å². The zero-order valence-corrected chi connectivity index (χ0v) is 27.3. The number of hydrogen-bond acceptors (Lipinski definition) is 7. The lowest BCUT2D eigenvalue weighted by Crippen LogP contribution is -2.60. The number of carbonyl (C=O) groups is 2. The van der Waals surface area contributed by atoms with Gasteiger partial charge in [0.2, 0.25) is 6.41 Å². The third-order valence-corrected chi connectivity index (χ3v) is 11.7. The minimum absolute atomic E-state index is 0.103. The van der Waals surface area contributed by atoms with Gasteiger partial charge in [0.1, 0.15) is 6.79 Å². The van der Waals surface area contributed by atoms with Gasteiger partial charge in [0, 0.05) is 75.8 Å². The normalized spacial score (nSPS) is 36.0. The standard InChI is InChI=1S/C21H38N2O2.C13H22N2O.CH2O/c1-16(6-4-5-11-24)13-23-14-19(22-15-25)12-18-10-9-17-7-2-3-8-20(17)21(18)23;1-14-9-13(15-7-6-10(16)8-15)11-4-2-3-5-12(11)14;1-2/h15-21,24H,2-14H2,1H3,(H,22,25);9-12,16H,2-8H2,1H3;1H2/t;10-,11?,12?;/m.1./s1. The Kier molecular flexibility index (Phi) is 13.7. The third kappa shape index (κ3) is 8.76. The van der Waals surface area contributed by atoms with E-state index in [-0.39, 0.29) is 6.10 Å². The highest BCUT2D eigenvalue weighted by Crippen LogP contribution is 2.48. The van der Waals surface area contributed by atoms with Crippen LogP contribution in [-0.4, -0.2) is 102 Å². The van der Waals surface area contributed by atoms with E-state index >= 15 is 0 Å². The fraction of sp³-hybridized carbons (Fsp3) is 0.886. The molecule has 8 heteroatoms. The number of likely N-dealkylation sites (tertiary alicyclic amines) is 2. The predicted octanol–water partition coefficient (Wildman–Crippen LogP) is 4.40. The van der Waals surface area contributed by atoms with Crippen molar-refractivity contribution in [3.8, 4) is 0 Å². The lowest BCUT2D eigenvalue weighted by molar-refractivity contribution is -0.111. The van der Waals surface area contributed by atoms with Gasteiger partial charge in [0.25, 0.3) is 0 Å². The zero-order valence-electron chi connectivity index (χ0n) is 27.3. The molecular weight excluding hydrogens is 540 g/mol. The van der Waals surface area contributed by atoms with Gasteiger partial charge in [0.05, 0.1) is 6.10 Å². The van der Waals surface area contributed by atoms with E-state index in [1.165, 1.54) is 82.7 Å². The van der Waals surface area contributed by atoms with Crippen molar-refractivity contribution < 1.29 is 19.8 Å². The molecule has 3 heterocycles. The van der Waals surface area contributed by atoms with Crippen LogP contribution in [0, 0.1) is 29.6 Å². The minimum atomic E-state index is -0.103. The third-order valence-electron chi connectivity index (χ3n) is 11.7. The zero-order chi connectivity index (χ0) is 30.8. The van der Waals surface area contributed by atoms with Crippen LogP contribution in [0.15, 0.2) is 11.9 Å². The maximum absolute atomic E-state index is 11.0. The Morgan fingerprint density at radius 1 is 1.00 bits per heavy atom. The lowest BCUT2D eigenvalue weighted by Gasteiger charge is -2.55. The number of rotatable bonds is 9. The average Bonchev–Trinajstić information content (AvgIpc) is 3.61. The molecule has 5 fully saturated rings. The molecule has 43 heavy (non-hydrogen) atoms. The summed E-state index contributed by atoms with van der Waals surface area (Å²) in [5.41, 5.74) is 1.50. The Morgan fingerprint density at radius 3 is 2.49 bits per heavy atom. The number of nitrogens with one attached hydrogen (secondary N) is 1. The van der Waals surface area contributed by atoms with E-state index in [2.05, 4.69) is 40.2 Å². The number of piperidine rings is 1. The number of aliphatic hydroxyl groups is 2. The van der Waals surface area contributed by atoms with Crippen LogP contribution in [0.2, 0.25) is 0 Å². The maximum atomic E-state index is 11.0. The molecule has 0 radical (unpaired) electrons. The largest absolute Gasteiger partial charge is 0.396 e. The molecule has 3 aliphatic carbocycles. The number of amides is 1. The molecule has 8 unspecified atom stereocenters. The summed E-state index contributed by atoms with van der Waals surface area (Å²) >= 11 is 0. The van der Waals surface area contributed by atoms with Gasteiger partial charge in [-0.2, -0.15) is 0 Å². The Balaban J connectivity index is 0.000000202. The van der Waals surface area contributed by atoms with Gasteiger partial charge in [-0.25, -0.2) is 0 Å². The summed E-state index contributed by atoms with van der Waals surface area (Å²) in [5.74, 6) is 4.04. The van der Waals surface area contributed by atoms with Crippen molar-refractivity contribution in [2.45, 2.75) is 127 Å². The topological polar surface area (TPSA) is 96.3 Å². The highest BCUT2D eigenvalue weighted by atomic mass is 16.3. The maximum Gasteiger partial charge on any atom is 0.207 e. The van der Waals surface area contributed by atoms with E-state index in [0.29, 0.717) is 18.6 Å². The monoisotopic (exact) mass is 602 g/mol. The molecule has 0 spiro atoms. The second-order valence-electron chi connectivity index (χ2n) is 14.6. The van der Waals surface area contributed by atoms with E-state index in [9.17, 15) is 9.90 Å². The SMILES string of the molecule is C=O.CC(CCCCO)CN1CC(NC=O)CC2CCC3CCCCC3C21.CN1C=C(N2CC[C@@H](O)C2)C2CCCCC21. The fourth-order valence-corrected chi connectivity index (χ4v) is 9.81. The van der Waals surface area contributed by atoms with Crippen LogP contribution in [-0.2, 0) is 9.59 Å². The highest BCUT2D eigenvalue weighted by molar-refractivity contribution is 5.46. The smallest absolute Gasteiger partial charge is 0.207 e. The van der Waals surface area contributed by atoms with Crippen molar-refractivity contribution in [2.24, 2.45) is 29.6 Å². The van der Waals surface area contributed by atoms with Crippen LogP contribution in [0.4, 0.5) is 0 Å². The molecule has 3 saturated carbocycles. The van der Waals surface area contributed by atoms with Crippen molar-refractivity contribution in [2.75, 3.05) is 39.8 Å². The highest BCUT2D eigenvalue weighted by Gasteiger charge is 2.46. The number of aliphatic hydroxyl groups excluding tert-OH is 2. The van der Waals surface area contributed by atoms with Crippen LogP contribution >= 0.6 is 0 Å². The minimum Gasteiger partial charge on any atom is -0.396 e. The van der Waals surface area contributed by atoms with Gasteiger partial charge in [-0.05, 0) is 81.5 Å². The molecule has 246 valence electrons. The number of hydrogen-bond donors (Lipinski definition) is 3. The molecule has 3 aliphatic heterocycles. The summed E-state index contributed by atoms with van der Waals surface area (Å²) in [6, 6.07) is 1.83. The Morgan fingerprint density at radius 2 is 1.74 bits per heavy atom. The molecule has 0 aromatic carbocycles. The van der Waals surface area contributed by atoms with Gasteiger partial charge in [-0.3, -0.25) is 9.69 Å². The average molecular weight is 603 g/mol. The predicted molar refractivity (Wildman–Crippen MR) is 172 cm³/mol. The van der Waals surface area contributed by atoms with Crippen LogP contribution in [0.1, 0.15) is 103 Å². The van der Waals surface area contributed by atoms with Crippen LogP contribution in [0.5, 0.6) is 0 Å². The van der Waals surface area contributed by atoms with Crippen LogP contribution in [0.3, 0.4) is 0 Å². The Bertz CT molecular complexity index is 873. The van der Waals surface area contributed by atoms with Crippen molar-refractivity contribution in [1.82, 2.24) is 20.0 Å². The number of nitrogens with zero attached hydrogens (tertiary/aromatic N) is 3. The van der Waals surface area contributed by atoms with Crippen molar-refractivity contribution in [3.05, 3.63) is 11.9 Å². The fourth-order valence-electron chi connectivity index (χ4n) is 9.81. The molecule has 6 rings (SSSR count). The Hall–Kier alpha value is -1.64. The molecule has 0 aromatic rings. The molecular formula is C35H62N4O4. The van der Waals surface area contributed by atoms with Crippen molar-refractivity contribution >= 4 is 13.2 Å². The Labute approximate surface area is 261 Å². The number of β-amino-alcohol motifs (C(OH)–C–C–N with tert-alkyl or cyclic N) is 1. The first-order valence-corrected chi connectivity index (χ1v) is 17.7. The van der Waals surface area contributed by atoms with Crippen LogP contribution in [0.25, 0.3) is 0 Å². The summed E-state index contributed by atoms with van der Waals surface area (Å²) < 4.78 is 0. The van der Waals surface area contributed by atoms with Gasteiger partial charge in [0.15, 0.2) is 0 Å². The van der Waals surface area contributed by atoms with Gasteiger partial charge in [-0.15, -0.1) is 0 Å². The summed E-state index contributed by atoms with van der Waals surface area (Å²) in [5, 5.41) is 21.8. The number of unbranched alkanes of at least 4 members (excludes halogenated alkanes) is 1. The lowest BCUT2D eigenvalue weighted by atomic mass is 9.61. The summed E-state index contributed by atoms with van der Waals surface area (Å²) in [4.78, 5) is 26.6. The van der Waals surface area contributed by atoms with E-state index in [4.69, 9.17) is 9.90 Å². The van der Waals surface area contributed by atoms with Gasteiger partial charge < -0.3 is 30.1 Å². The van der Waals surface area contributed by atoms with E-state index < -0.39 is 0 Å². The second-order valence-corrected chi connectivity index (χ2v) is 14.6. The van der Waals surface area contributed by atoms with E-state index in [0.717, 1.165) is 87.6 Å². The number of fused-ring (bicyclic) bond motifs is 4. The first-order chi connectivity index (χ1) is 21.0. The molecule has 0 aromatic heterocycles. The molecule has 2 saturated heterocycles. The van der Waals surface area contributed by atoms with Crippen molar-refractivity contribution in [1.29, 1.82) is 0 Å². The van der Waals surface area contributed by atoms with Gasteiger partial charge in [-0.1, -0.05) is 45.4 Å². The quantitative estimate of drug-likeness (QED) is 0.266.